The molecule has 4 aromatic carbocycles. The molecule has 1 aliphatic heterocycles. The van der Waals surface area contributed by atoms with E-state index in [1.807, 2.05) is 12.3 Å². The SMILES string of the molecule is CCCC(CCC)[C@]1(C)COC(c2[c-]c(Oc3[c-]c(-n4c5ccc(C(C)(C)C)cc5c5cccnc54)cc(C(C)(C)C)c3)cc(-c3c(C(C)C)cccc3C(C)C)c2)=N1.[Pt+2]. The first-order valence-electron chi connectivity index (χ1n) is 22.0. The first-order chi connectivity index (χ1) is 27.9. The van der Waals surface area contributed by atoms with Crippen LogP contribution in [0.1, 0.15) is 155 Å². The molecule has 0 saturated heterocycles. The second kappa shape index (κ2) is 17.6. The van der Waals surface area contributed by atoms with Crippen LogP contribution in [0.15, 0.2) is 84.0 Å². The third-order valence-electron chi connectivity index (χ3n) is 12.3. The molecule has 0 aliphatic carbocycles. The van der Waals surface area contributed by atoms with Crippen LogP contribution in [0.3, 0.4) is 0 Å². The van der Waals surface area contributed by atoms with Gasteiger partial charge in [-0.2, -0.15) is 0 Å². The molecule has 0 spiro atoms. The molecular formula is C54H65N3O2Pt. The van der Waals surface area contributed by atoms with Gasteiger partial charge in [0.2, 0.25) is 0 Å². The smallest absolute Gasteiger partial charge is 0.518 e. The van der Waals surface area contributed by atoms with E-state index in [1.165, 1.54) is 27.6 Å². The van der Waals surface area contributed by atoms with Crippen molar-refractivity contribution in [2.75, 3.05) is 6.61 Å². The normalized spacial score (nSPS) is 15.9. The molecule has 318 valence electrons. The van der Waals surface area contributed by atoms with Gasteiger partial charge in [-0.1, -0.05) is 149 Å². The van der Waals surface area contributed by atoms with Gasteiger partial charge in [-0.05, 0) is 94.9 Å². The number of rotatable bonds is 12. The zero-order valence-electron chi connectivity index (χ0n) is 38.2. The summed E-state index contributed by atoms with van der Waals surface area (Å²) in [5.74, 6) is 2.97. The quantitative estimate of drug-likeness (QED) is 0.115. The molecule has 0 N–H and O–H groups in total. The van der Waals surface area contributed by atoms with Gasteiger partial charge >= 0.3 is 21.1 Å². The van der Waals surface area contributed by atoms with E-state index in [-0.39, 0.29) is 37.4 Å². The number of fused-ring (bicyclic) bond motifs is 3. The minimum atomic E-state index is -0.293. The van der Waals surface area contributed by atoms with E-state index < -0.39 is 0 Å². The largest absolute Gasteiger partial charge is 2.00 e. The number of benzene rings is 4. The van der Waals surface area contributed by atoms with Gasteiger partial charge in [0, 0.05) is 28.5 Å². The molecule has 7 rings (SSSR count). The summed E-state index contributed by atoms with van der Waals surface area (Å²) >= 11 is 0. The van der Waals surface area contributed by atoms with E-state index in [9.17, 15) is 0 Å². The first kappa shape index (κ1) is 45.3. The second-order valence-corrected chi connectivity index (χ2v) is 19.8. The topological polar surface area (TPSA) is 48.6 Å². The van der Waals surface area contributed by atoms with Crippen molar-refractivity contribution < 1.29 is 30.5 Å². The van der Waals surface area contributed by atoms with Gasteiger partial charge in [0.05, 0.1) is 11.1 Å². The summed E-state index contributed by atoms with van der Waals surface area (Å²) in [7, 11) is 0. The van der Waals surface area contributed by atoms with Crippen molar-refractivity contribution in [1.82, 2.24) is 9.55 Å². The van der Waals surface area contributed by atoms with Gasteiger partial charge in [-0.25, -0.2) is 4.98 Å². The zero-order chi connectivity index (χ0) is 42.4. The fraction of sp³-hybridized carbons (Fsp3) is 0.444. The fourth-order valence-electron chi connectivity index (χ4n) is 8.88. The molecular weight excluding hydrogens is 918 g/mol. The minimum absolute atomic E-state index is 0. The molecule has 6 heteroatoms. The van der Waals surface area contributed by atoms with Crippen LogP contribution in [-0.4, -0.2) is 27.6 Å². The van der Waals surface area contributed by atoms with Crippen LogP contribution < -0.4 is 4.74 Å². The van der Waals surface area contributed by atoms with Crippen molar-refractivity contribution in [3.05, 3.63) is 119 Å². The number of aliphatic imine (C=N–C) groups is 1. The van der Waals surface area contributed by atoms with E-state index in [1.54, 1.807) is 0 Å². The van der Waals surface area contributed by atoms with Crippen LogP contribution in [-0.2, 0) is 36.6 Å². The second-order valence-electron chi connectivity index (χ2n) is 19.8. The van der Waals surface area contributed by atoms with E-state index in [0.29, 0.717) is 41.8 Å². The van der Waals surface area contributed by atoms with E-state index in [2.05, 4.69) is 173 Å². The Morgan fingerprint density at radius 1 is 0.767 bits per heavy atom. The van der Waals surface area contributed by atoms with Crippen molar-refractivity contribution in [2.24, 2.45) is 10.9 Å². The van der Waals surface area contributed by atoms with Crippen LogP contribution in [0.5, 0.6) is 11.5 Å². The molecule has 0 saturated carbocycles. The number of ether oxygens (including phenoxy) is 2. The molecule has 3 heterocycles. The number of hydrogen-bond acceptors (Lipinski definition) is 4. The van der Waals surface area contributed by atoms with Gasteiger partial charge in [0.25, 0.3) is 0 Å². The minimum Gasteiger partial charge on any atom is -0.518 e. The fourth-order valence-corrected chi connectivity index (χ4v) is 8.88. The van der Waals surface area contributed by atoms with Crippen LogP contribution in [0.25, 0.3) is 38.8 Å². The van der Waals surface area contributed by atoms with E-state index in [4.69, 9.17) is 19.5 Å². The monoisotopic (exact) mass is 982 g/mol. The number of aromatic nitrogens is 2. The van der Waals surface area contributed by atoms with Crippen LogP contribution in [0, 0.1) is 18.1 Å². The molecule has 0 amide bonds. The molecule has 5 nitrogen and oxygen atoms in total. The number of pyridine rings is 1. The van der Waals surface area contributed by atoms with Gasteiger partial charge in [0.1, 0.15) is 18.2 Å². The van der Waals surface area contributed by atoms with Crippen molar-refractivity contribution in [2.45, 2.75) is 144 Å². The maximum absolute atomic E-state index is 7.03. The van der Waals surface area contributed by atoms with Crippen LogP contribution >= 0.6 is 0 Å². The van der Waals surface area contributed by atoms with E-state index >= 15 is 0 Å². The third-order valence-corrected chi connectivity index (χ3v) is 12.3. The van der Waals surface area contributed by atoms with Crippen molar-refractivity contribution in [1.29, 1.82) is 0 Å². The Kier molecular flexibility index (Phi) is 13.3. The predicted molar refractivity (Wildman–Crippen MR) is 248 cm³/mol. The zero-order valence-corrected chi connectivity index (χ0v) is 40.5. The Hall–Kier alpha value is -4.21. The molecule has 0 bridgehead atoms. The Morgan fingerprint density at radius 2 is 1.42 bits per heavy atom. The Bertz CT molecular complexity index is 2480. The maximum Gasteiger partial charge on any atom is 2.00 e. The van der Waals surface area contributed by atoms with Crippen LogP contribution in [0.2, 0.25) is 0 Å². The molecule has 60 heavy (non-hydrogen) atoms. The summed E-state index contributed by atoms with van der Waals surface area (Å²) in [4.78, 5) is 10.3. The summed E-state index contributed by atoms with van der Waals surface area (Å²) in [5, 5.41) is 2.29. The Labute approximate surface area is 374 Å². The average molecular weight is 983 g/mol. The Morgan fingerprint density at radius 3 is 2.03 bits per heavy atom. The number of nitrogens with zero attached hydrogens (tertiary/aromatic N) is 3. The first-order valence-corrected chi connectivity index (χ1v) is 22.0. The number of hydrogen-bond donors (Lipinski definition) is 0. The molecule has 1 atom stereocenters. The summed E-state index contributed by atoms with van der Waals surface area (Å²) in [5.41, 5.74) is 10.6. The van der Waals surface area contributed by atoms with Crippen molar-refractivity contribution in [3.63, 3.8) is 0 Å². The average Bonchev–Trinajstić information content (AvgIpc) is 3.75. The van der Waals surface area contributed by atoms with Gasteiger partial charge in [-0.3, -0.25) is 4.99 Å². The van der Waals surface area contributed by atoms with Crippen LogP contribution in [0.4, 0.5) is 0 Å². The van der Waals surface area contributed by atoms with E-state index in [0.717, 1.165) is 64.6 Å². The van der Waals surface area contributed by atoms with Gasteiger partial charge in [-0.15, -0.1) is 29.8 Å². The molecule has 2 aromatic heterocycles. The Balaban J connectivity index is 0.00000604. The van der Waals surface area contributed by atoms with Gasteiger partial charge < -0.3 is 14.0 Å². The van der Waals surface area contributed by atoms with Crippen molar-refractivity contribution in [3.8, 4) is 28.3 Å². The summed E-state index contributed by atoms with van der Waals surface area (Å²) < 4.78 is 15.8. The molecule has 1 aliphatic rings. The molecule has 0 unspecified atom stereocenters. The molecule has 0 fully saturated rings. The summed E-state index contributed by atoms with van der Waals surface area (Å²) in [6.45, 7) is 30.0. The maximum atomic E-state index is 7.03. The standard InChI is InChI=1S/C54H65N3O2.Pt/c1-14-18-38(19-15-2)54(13)33-58-51(56-54)37-26-36(49-44(34(3)4)20-16-21-45(49)35(5)6)27-42(28-37)59-43-30-40(53(10,11)12)29-41(32-43)57-48-24-23-39(52(7,8)9)31-47(48)46-22-17-25-55-50(46)57;/h16-17,20-27,29-31,34-35,38H,14-15,18-19,33H2,1-13H3;/q-2;+2/t54-;/m0./s1. The molecule has 6 aromatic rings. The van der Waals surface area contributed by atoms with Crippen molar-refractivity contribution >= 4 is 27.8 Å². The van der Waals surface area contributed by atoms with Gasteiger partial charge in [0.15, 0.2) is 0 Å². The molecule has 0 radical (unpaired) electrons. The third kappa shape index (κ3) is 9.04. The summed E-state index contributed by atoms with van der Waals surface area (Å²) in [6, 6.07) is 33.8. The summed E-state index contributed by atoms with van der Waals surface area (Å²) in [6.07, 6.45) is 6.39. The predicted octanol–water partition coefficient (Wildman–Crippen LogP) is 14.8.